The number of hydroxylamine groups is 1. The molecule has 16 heavy (non-hydrogen) atoms. The molecule has 0 saturated carbocycles. The lowest BCUT2D eigenvalue weighted by Gasteiger charge is -2.08. The zero-order valence-electron chi connectivity index (χ0n) is 9.40. The van der Waals surface area contributed by atoms with Crippen LogP contribution in [0.4, 0.5) is 0 Å². The minimum atomic E-state index is -0.424. The second kappa shape index (κ2) is 5.90. The molecule has 0 aliphatic carbocycles. The van der Waals surface area contributed by atoms with Gasteiger partial charge in [0.05, 0.1) is 5.92 Å². The Kier molecular flexibility index (Phi) is 4.51. The summed E-state index contributed by atoms with van der Waals surface area (Å²) in [6.45, 7) is 3.63. The van der Waals surface area contributed by atoms with Gasteiger partial charge in [-0.05, 0) is 18.6 Å². The minimum Gasteiger partial charge on any atom is -0.340 e. The topological polar surface area (TPSA) is 55.4 Å². The molecular weight excluding hydrogens is 206 g/mol. The van der Waals surface area contributed by atoms with Crippen molar-refractivity contribution >= 4 is 11.9 Å². The molecule has 1 amide bonds. The van der Waals surface area contributed by atoms with E-state index in [0.717, 1.165) is 0 Å². The van der Waals surface area contributed by atoms with E-state index in [9.17, 15) is 9.59 Å². The first-order chi connectivity index (χ1) is 7.65. The molecule has 1 aromatic carbocycles. The van der Waals surface area contributed by atoms with E-state index >= 15 is 0 Å². The number of amides is 1. The largest absolute Gasteiger partial charge is 0.340 e. The first-order valence-electron chi connectivity index (χ1n) is 5.21. The smallest absolute Gasteiger partial charge is 0.335 e. The Morgan fingerprint density at radius 1 is 1.31 bits per heavy atom. The summed E-state index contributed by atoms with van der Waals surface area (Å²) in [7, 11) is 0. The summed E-state index contributed by atoms with van der Waals surface area (Å²) in [4.78, 5) is 27.4. The van der Waals surface area contributed by atoms with Crippen LogP contribution in [-0.2, 0) is 9.63 Å². The van der Waals surface area contributed by atoms with Crippen molar-refractivity contribution in [3.63, 3.8) is 0 Å². The highest BCUT2D eigenvalue weighted by molar-refractivity contribution is 5.94. The predicted molar refractivity (Wildman–Crippen MR) is 59.5 cm³/mol. The fraction of sp³-hybridized carbons (Fsp3) is 0.333. The molecule has 0 aromatic heterocycles. The molecule has 86 valence electrons. The second-order valence-electron chi connectivity index (χ2n) is 3.53. The van der Waals surface area contributed by atoms with E-state index < -0.39 is 11.9 Å². The molecule has 4 nitrogen and oxygen atoms in total. The van der Waals surface area contributed by atoms with E-state index in [2.05, 4.69) is 10.3 Å². The number of benzene rings is 1. The van der Waals surface area contributed by atoms with Crippen molar-refractivity contribution < 1.29 is 14.4 Å². The lowest BCUT2D eigenvalue weighted by Crippen LogP contribution is -2.29. The van der Waals surface area contributed by atoms with Crippen LogP contribution in [0.5, 0.6) is 0 Å². The molecular formula is C12H15NO3. The SMILES string of the molecule is CC[C@@H](C)C(=O)ONC(=O)c1ccccc1. The van der Waals surface area contributed by atoms with Gasteiger partial charge in [-0.25, -0.2) is 4.79 Å². The van der Waals surface area contributed by atoms with E-state index in [1.807, 2.05) is 13.0 Å². The Bertz CT molecular complexity index is 362. The number of hydrogen-bond acceptors (Lipinski definition) is 3. The maximum absolute atomic E-state index is 11.5. The summed E-state index contributed by atoms with van der Waals surface area (Å²) >= 11 is 0. The van der Waals surface area contributed by atoms with Crippen LogP contribution in [0, 0.1) is 5.92 Å². The standard InChI is InChI=1S/C12H15NO3/c1-3-9(2)12(15)16-13-11(14)10-7-5-4-6-8-10/h4-9H,3H2,1-2H3,(H,13,14)/t9-/m1/s1. The van der Waals surface area contributed by atoms with Crippen LogP contribution in [0.2, 0.25) is 0 Å². The van der Waals surface area contributed by atoms with E-state index in [-0.39, 0.29) is 5.92 Å². The summed E-state index contributed by atoms with van der Waals surface area (Å²) in [6, 6.07) is 8.58. The van der Waals surface area contributed by atoms with Gasteiger partial charge in [-0.1, -0.05) is 32.0 Å². The molecule has 1 aromatic rings. The van der Waals surface area contributed by atoms with Crippen LogP contribution in [0.25, 0.3) is 0 Å². The third-order valence-electron chi connectivity index (χ3n) is 2.30. The highest BCUT2D eigenvalue weighted by Gasteiger charge is 2.14. The van der Waals surface area contributed by atoms with Gasteiger partial charge in [0.2, 0.25) is 0 Å². The molecule has 4 heteroatoms. The van der Waals surface area contributed by atoms with Gasteiger partial charge in [0, 0.05) is 5.56 Å². The lowest BCUT2D eigenvalue weighted by molar-refractivity contribution is -0.153. The van der Waals surface area contributed by atoms with Crippen molar-refractivity contribution in [3.8, 4) is 0 Å². The molecule has 0 aliphatic rings. The maximum Gasteiger partial charge on any atom is 0.335 e. The number of rotatable bonds is 3. The average molecular weight is 221 g/mol. The van der Waals surface area contributed by atoms with Gasteiger partial charge >= 0.3 is 5.97 Å². The quantitative estimate of drug-likeness (QED) is 0.793. The van der Waals surface area contributed by atoms with Crippen LogP contribution in [0.1, 0.15) is 30.6 Å². The van der Waals surface area contributed by atoms with Gasteiger partial charge in [0.15, 0.2) is 0 Å². The van der Waals surface area contributed by atoms with Crippen LogP contribution >= 0.6 is 0 Å². The van der Waals surface area contributed by atoms with Gasteiger partial charge in [-0.15, -0.1) is 0 Å². The molecule has 0 saturated heterocycles. The number of nitrogens with one attached hydrogen (secondary N) is 1. The molecule has 1 N–H and O–H groups in total. The monoisotopic (exact) mass is 221 g/mol. The fourth-order valence-electron chi connectivity index (χ4n) is 1.01. The molecule has 0 radical (unpaired) electrons. The van der Waals surface area contributed by atoms with Crippen molar-refractivity contribution in [1.29, 1.82) is 0 Å². The first kappa shape index (κ1) is 12.2. The van der Waals surface area contributed by atoms with Crippen molar-refractivity contribution in [2.45, 2.75) is 20.3 Å². The van der Waals surface area contributed by atoms with E-state index in [4.69, 9.17) is 0 Å². The van der Waals surface area contributed by atoms with Crippen LogP contribution in [0.15, 0.2) is 30.3 Å². The fourth-order valence-corrected chi connectivity index (χ4v) is 1.01. The number of hydrogen-bond donors (Lipinski definition) is 1. The molecule has 0 unspecified atom stereocenters. The van der Waals surface area contributed by atoms with Gasteiger partial charge < -0.3 is 4.84 Å². The zero-order valence-corrected chi connectivity index (χ0v) is 9.40. The molecule has 0 aliphatic heterocycles. The van der Waals surface area contributed by atoms with Crippen molar-refractivity contribution in [2.75, 3.05) is 0 Å². The lowest BCUT2D eigenvalue weighted by atomic mass is 10.1. The molecule has 1 rings (SSSR count). The summed E-state index contributed by atoms with van der Waals surface area (Å²) < 4.78 is 0. The zero-order chi connectivity index (χ0) is 12.0. The Morgan fingerprint density at radius 2 is 1.94 bits per heavy atom. The predicted octanol–water partition coefficient (Wildman–Crippen LogP) is 1.92. The van der Waals surface area contributed by atoms with Crippen LogP contribution < -0.4 is 5.48 Å². The Balaban J connectivity index is 2.45. The van der Waals surface area contributed by atoms with Crippen LogP contribution in [0.3, 0.4) is 0 Å². The minimum absolute atomic E-state index is 0.212. The molecule has 0 bridgehead atoms. The molecule has 0 spiro atoms. The first-order valence-corrected chi connectivity index (χ1v) is 5.21. The summed E-state index contributed by atoms with van der Waals surface area (Å²) in [5, 5.41) is 0. The average Bonchev–Trinajstić information content (AvgIpc) is 2.35. The Hall–Kier alpha value is -1.84. The number of carbonyl (C=O) groups excluding carboxylic acids is 2. The van der Waals surface area contributed by atoms with E-state index in [1.165, 1.54) is 0 Å². The second-order valence-corrected chi connectivity index (χ2v) is 3.53. The summed E-state index contributed by atoms with van der Waals surface area (Å²) in [5.74, 6) is -1.06. The van der Waals surface area contributed by atoms with Gasteiger partial charge in [0.1, 0.15) is 0 Å². The molecule has 1 atom stereocenters. The summed E-state index contributed by atoms with van der Waals surface area (Å²) in [6.07, 6.45) is 0.681. The van der Waals surface area contributed by atoms with Crippen molar-refractivity contribution in [3.05, 3.63) is 35.9 Å². The van der Waals surface area contributed by atoms with Gasteiger partial charge in [-0.2, -0.15) is 5.48 Å². The van der Waals surface area contributed by atoms with E-state index in [0.29, 0.717) is 12.0 Å². The number of carbonyl (C=O) groups is 2. The van der Waals surface area contributed by atoms with Gasteiger partial charge in [0.25, 0.3) is 5.91 Å². The Labute approximate surface area is 94.6 Å². The normalized spacial score (nSPS) is 11.6. The van der Waals surface area contributed by atoms with Gasteiger partial charge in [-0.3, -0.25) is 4.79 Å². The Morgan fingerprint density at radius 3 is 2.50 bits per heavy atom. The molecule has 0 heterocycles. The van der Waals surface area contributed by atoms with Crippen molar-refractivity contribution in [2.24, 2.45) is 5.92 Å². The summed E-state index contributed by atoms with van der Waals surface area (Å²) in [5.41, 5.74) is 2.58. The molecule has 0 fully saturated rings. The van der Waals surface area contributed by atoms with Crippen molar-refractivity contribution in [1.82, 2.24) is 5.48 Å². The third-order valence-corrected chi connectivity index (χ3v) is 2.30. The van der Waals surface area contributed by atoms with Crippen LogP contribution in [-0.4, -0.2) is 11.9 Å². The van der Waals surface area contributed by atoms with E-state index in [1.54, 1.807) is 31.2 Å². The third kappa shape index (κ3) is 3.38. The maximum atomic E-state index is 11.5. The highest BCUT2D eigenvalue weighted by atomic mass is 16.7. The highest BCUT2D eigenvalue weighted by Crippen LogP contribution is 2.03.